The molecule has 16 heavy (non-hydrogen) atoms. The fraction of sp³-hybridized carbons (Fsp3) is 0.167. The fourth-order valence-electron chi connectivity index (χ4n) is 1.36. The highest BCUT2D eigenvalue weighted by Gasteiger charge is 2.09. The van der Waals surface area contributed by atoms with E-state index < -0.39 is 5.63 Å². The van der Waals surface area contributed by atoms with Crippen molar-refractivity contribution in [3.63, 3.8) is 0 Å². The molecule has 0 saturated heterocycles. The number of hydrogen-bond acceptors (Lipinski definition) is 4. The number of para-hydroxylation sites is 1. The molecule has 0 bridgehead atoms. The molecule has 1 aromatic carbocycles. The van der Waals surface area contributed by atoms with Crippen molar-refractivity contribution >= 4 is 16.9 Å². The summed E-state index contributed by atoms with van der Waals surface area (Å²) in [7, 11) is 0. The summed E-state index contributed by atoms with van der Waals surface area (Å²) in [6, 6.07) is 8.09. The van der Waals surface area contributed by atoms with Gasteiger partial charge in [0.25, 0.3) is 0 Å². The van der Waals surface area contributed by atoms with Crippen LogP contribution in [0, 0.1) is 0 Å². The molecule has 82 valence electrons. The summed E-state index contributed by atoms with van der Waals surface area (Å²) < 4.78 is 10.0. The molecule has 2 rings (SSSR count). The molecule has 0 amide bonds. The standard InChI is InChI=1S/C12H10O4/c1-2-11(13)16-10-7-12(14)15-9-6-4-3-5-8(9)10/h3-7H,2H2,1H3. The molecule has 0 N–H and O–H groups in total. The van der Waals surface area contributed by atoms with Gasteiger partial charge in [-0.3, -0.25) is 4.79 Å². The molecule has 2 aromatic rings. The van der Waals surface area contributed by atoms with Crippen LogP contribution in [-0.4, -0.2) is 5.97 Å². The number of carbonyl (C=O) groups excluding carboxylic acids is 1. The van der Waals surface area contributed by atoms with Gasteiger partial charge in [-0.05, 0) is 12.1 Å². The molecular formula is C12H10O4. The molecule has 4 nitrogen and oxygen atoms in total. The quantitative estimate of drug-likeness (QED) is 0.572. The number of carbonyl (C=O) groups is 1. The molecule has 0 unspecified atom stereocenters. The van der Waals surface area contributed by atoms with Gasteiger partial charge >= 0.3 is 11.6 Å². The molecule has 4 heteroatoms. The number of esters is 1. The van der Waals surface area contributed by atoms with Crippen LogP contribution in [0.5, 0.6) is 5.75 Å². The Morgan fingerprint density at radius 2 is 2.12 bits per heavy atom. The van der Waals surface area contributed by atoms with Crippen LogP contribution in [0.1, 0.15) is 13.3 Å². The molecule has 1 heterocycles. The van der Waals surface area contributed by atoms with Gasteiger partial charge in [0.2, 0.25) is 0 Å². The highest BCUT2D eigenvalue weighted by Crippen LogP contribution is 2.23. The van der Waals surface area contributed by atoms with Crippen LogP contribution in [0.4, 0.5) is 0 Å². The number of ether oxygens (including phenoxy) is 1. The van der Waals surface area contributed by atoms with E-state index in [1.54, 1.807) is 31.2 Å². The zero-order valence-corrected chi connectivity index (χ0v) is 8.73. The first kappa shape index (κ1) is 10.4. The van der Waals surface area contributed by atoms with E-state index >= 15 is 0 Å². The lowest BCUT2D eigenvalue weighted by atomic mass is 10.2. The Balaban J connectivity index is 2.59. The lowest BCUT2D eigenvalue weighted by Gasteiger charge is -2.04. The number of hydrogen-bond donors (Lipinski definition) is 0. The second kappa shape index (κ2) is 4.18. The van der Waals surface area contributed by atoms with Crippen LogP contribution < -0.4 is 10.4 Å². The van der Waals surface area contributed by atoms with Gasteiger partial charge in [-0.25, -0.2) is 4.79 Å². The molecule has 0 fully saturated rings. The van der Waals surface area contributed by atoms with Crippen LogP contribution in [0.15, 0.2) is 39.5 Å². The summed E-state index contributed by atoms with van der Waals surface area (Å²) in [5.74, 6) is -0.130. The van der Waals surface area contributed by atoms with Gasteiger partial charge in [0.15, 0.2) is 0 Å². The maximum Gasteiger partial charge on any atom is 0.339 e. The molecule has 1 aromatic heterocycles. The predicted octanol–water partition coefficient (Wildman–Crippen LogP) is 2.11. The van der Waals surface area contributed by atoms with Crippen molar-refractivity contribution in [1.82, 2.24) is 0 Å². The average Bonchev–Trinajstić information content (AvgIpc) is 2.28. The smallest absolute Gasteiger partial charge is 0.339 e. The molecule has 0 spiro atoms. The molecule has 0 saturated carbocycles. The van der Waals surface area contributed by atoms with E-state index in [1.165, 1.54) is 6.07 Å². The minimum atomic E-state index is -0.530. The van der Waals surface area contributed by atoms with E-state index in [4.69, 9.17) is 9.15 Å². The lowest BCUT2D eigenvalue weighted by Crippen LogP contribution is -2.08. The predicted molar refractivity (Wildman–Crippen MR) is 58.4 cm³/mol. The number of rotatable bonds is 2. The first-order chi connectivity index (χ1) is 7.70. The van der Waals surface area contributed by atoms with Gasteiger partial charge in [0.1, 0.15) is 11.3 Å². The molecular weight excluding hydrogens is 208 g/mol. The second-order valence-corrected chi connectivity index (χ2v) is 3.25. The first-order valence-corrected chi connectivity index (χ1v) is 4.94. The van der Waals surface area contributed by atoms with Gasteiger partial charge in [-0.1, -0.05) is 19.1 Å². The Hall–Kier alpha value is -2.10. The number of benzene rings is 1. The monoisotopic (exact) mass is 218 g/mol. The molecule has 0 atom stereocenters. The molecule has 0 aliphatic carbocycles. The summed E-state index contributed by atoms with van der Waals surface area (Å²) in [4.78, 5) is 22.4. The van der Waals surface area contributed by atoms with Crippen molar-refractivity contribution in [2.75, 3.05) is 0 Å². The third-order valence-corrected chi connectivity index (χ3v) is 2.12. The van der Waals surface area contributed by atoms with E-state index in [2.05, 4.69) is 0 Å². The van der Waals surface area contributed by atoms with Crippen molar-refractivity contribution in [3.8, 4) is 5.75 Å². The van der Waals surface area contributed by atoms with Crippen molar-refractivity contribution in [1.29, 1.82) is 0 Å². The minimum absolute atomic E-state index is 0.249. The Bertz CT molecular complexity index is 583. The zero-order valence-electron chi connectivity index (χ0n) is 8.73. The Labute approximate surface area is 91.4 Å². The fourth-order valence-corrected chi connectivity index (χ4v) is 1.36. The topological polar surface area (TPSA) is 56.5 Å². The number of fused-ring (bicyclic) bond motifs is 1. The van der Waals surface area contributed by atoms with Crippen LogP contribution >= 0.6 is 0 Å². The zero-order chi connectivity index (χ0) is 11.5. The van der Waals surface area contributed by atoms with E-state index in [-0.39, 0.29) is 18.1 Å². The van der Waals surface area contributed by atoms with E-state index in [1.807, 2.05) is 0 Å². The summed E-state index contributed by atoms with van der Waals surface area (Å²) in [5, 5.41) is 0.615. The minimum Gasteiger partial charge on any atom is -0.425 e. The second-order valence-electron chi connectivity index (χ2n) is 3.25. The Morgan fingerprint density at radius 1 is 1.38 bits per heavy atom. The lowest BCUT2D eigenvalue weighted by molar-refractivity contribution is -0.133. The molecule has 0 aliphatic heterocycles. The summed E-state index contributed by atoms with van der Waals surface area (Å²) >= 11 is 0. The summed E-state index contributed by atoms with van der Waals surface area (Å²) in [5.41, 5.74) is -0.119. The average molecular weight is 218 g/mol. The Morgan fingerprint density at radius 3 is 2.88 bits per heavy atom. The Kier molecular flexibility index (Phi) is 2.72. The maximum atomic E-state index is 11.2. The van der Waals surface area contributed by atoms with Gasteiger partial charge < -0.3 is 9.15 Å². The molecule has 0 aliphatic rings. The largest absolute Gasteiger partial charge is 0.425 e. The van der Waals surface area contributed by atoms with Crippen molar-refractivity contribution < 1.29 is 13.9 Å². The highest BCUT2D eigenvalue weighted by molar-refractivity contribution is 5.86. The van der Waals surface area contributed by atoms with Crippen LogP contribution in [0.25, 0.3) is 11.0 Å². The third-order valence-electron chi connectivity index (χ3n) is 2.12. The van der Waals surface area contributed by atoms with Gasteiger partial charge in [0.05, 0.1) is 11.5 Å². The van der Waals surface area contributed by atoms with Crippen molar-refractivity contribution in [3.05, 3.63) is 40.8 Å². The first-order valence-electron chi connectivity index (χ1n) is 4.94. The third kappa shape index (κ3) is 1.95. The van der Waals surface area contributed by atoms with Crippen LogP contribution in [0.2, 0.25) is 0 Å². The van der Waals surface area contributed by atoms with Gasteiger partial charge in [-0.2, -0.15) is 0 Å². The summed E-state index contributed by atoms with van der Waals surface area (Å²) in [6.45, 7) is 1.69. The van der Waals surface area contributed by atoms with Crippen molar-refractivity contribution in [2.24, 2.45) is 0 Å². The van der Waals surface area contributed by atoms with E-state index in [0.717, 1.165) is 0 Å². The van der Waals surface area contributed by atoms with E-state index in [0.29, 0.717) is 11.0 Å². The molecule has 0 radical (unpaired) electrons. The van der Waals surface area contributed by atoms with Crippen LogP contribution in [-0.2, 0) is 4.79 Å². The normalized spacial score (nSPS) is 10.3. The highest BCUT2D eigenvalue weighted by atomic mass is 16.5. The van der Waals surface area contributed by atoms with Crippen molar-refractivity contribution in [2.45, 2.75) is 13.3 Å². The van der Waals surface area contributed by atoms with Crippen LogP contribution in [0.3, 0.4) is 0 Å². The van der Waals surface area contributed by atoms with Gasteiger partial charge in [0, 0.05) is 6.42 Å². The maximum absolute atomic E-state index is 11.2. The van der Waals surface area contributed by atoms with Gasteiger partial charge in [-0.15, -0.1) is 0 Å². The van der Waals surface area contributed by atoms with E-state index in [9.17, 15) is 9.59 Å². The SMILES string of the molecule is CCC(=O)Oc1cc(=O)oc2ccccc12. The summed E-state index contributed by atoms with van der Waals surface area (Å²) in [6.07, 6.45) is 0.258.